The van der Waals surface area contributed by atoms with E-state index in [9.17, 15) is 0 Å². The van der Waals surface area contributed by atoms with Crippen LogP contribution in [0.4, 0.5) is 0 Å². The molecule has 0 aliphatic rings. The van der Waals surface area contributed by atoms with Crippen molar-refractivity contribution in [1.29, 1.82) is 0 Å². The van der Waals surface area contributed by atoms with Crippen molar-refractivity contribution in [1.82, 2.24) is 5.32 Å². The van der Waals surface area contributed by atoms with Gasteiger partial charge < -0.3 is 5.32 Å². The van der Waals surface area contributed by atoms with E-state index in [0.29, 0.717) is 0 Å². The molecule has 2 aromatic rings. The molecule has 2 aromatic carbocycles. The first-order valence-electron chi connectivity index (χ1n) is 7.17. The zero-order chi connectivity index (χ0) is 14.4. The third-order valence-electron chi connectivity index (χ3n) is 3.37. The Balaban J connectivity index is 1.98. The molecule has 0 aliphatic carbocycles. The Bertz CT molecular complexity index is 563. The number of hydrogen-bond donors (Lipinski definition) is 1. The third-order valence-corrected chi connectivity index (χ3v) is 4.43. The fraction of sp³-hybridized carbons (Fsp3) is 0.333. The number of nitrogens with one attached hydrogen (secondary N) is 1. The van der Waals surface area contributed by atoms with Crippen molar-refractivity contribution < 1.29 is 0 Å². The number of rotatable bonds is 6. The first-order valence-corrected chi connectivity index (χ1v) is 8.16. The van der Waals surface area contributed by atoms with Gasteiger partial charge in [-0.15, -0.1) is 11.8 Å². The van der Waals surface area contributed by atoms with Crippen molar-refractivity contribution in [3.8, 4) is 0 Å². The zero-order valence-electron chi connectivity index (χ0n) is 12.6. The summed E-state index contributed by atoms with van der Waals surface area (Å²) in [5.41, 5.74) is 5.50. The predicted octanol–water partition coefficient (Wildman–Crippen LogP) is 4.71. The van der Waals surface area contributed by atoms with Crippen LogP contribution in [0.5, 0.6) is 0 Å². The molecule has 0 saturated heterocycles. The molecule has 2 rings (SSSR count). The van der Waals surface area contributed by atoms with Crippen molar-refractivity contribution in [3.63, 3.8) is 0 Å². The van der Waals surface area contributed by atoms with Gasteiger partial charge in [0.1, 0.15) is 0 Å². The molecule has 0 heterocycles. The van der Waals surface area contributed by atoms with E-state index in [-0.39, 0.29) is 0 Å². The molecule has 0 aliphatic heterocycles. The molecule has 0 saturated carbocycles. The van der Waals surface area contributed by atoms with Gasteiger partial charge in [-0.25, -0.2) is 0 Å². The highest BCUT2D eigenvalue weighted by molar-refractivity contribution is 7.98. The van der Waals surface area contributed by atoms with Crippen LogP contribution in [0.2, 0.25) is 0 Å². The lowest BCUT2D eigenvalue weighted by atomic mass is 10.1. The summed E-state index contributed by atoms with van der Waals surface area (Å²) in [5, 5.41) is 3.38. The van der Waals surface area contributed by atoms with E-state index in [1.54, 1.807) is 0 Å². The lowest BCUT2D eigenvalue weighted by Crippen LogP contribution is -2.12. The summed E-state index contributed by atoms with van der Waals surface area (Å²) in [7, 11) is 0. The minimum Gasteiger partial charge on any atom is -0.313 e. The molecule has 0 amide bonds. The molecule has 0 atom stereocenters. The maximum absolute atomic E-state index is 3.38. The van der Waals surface area contributed by atoms with Gasteiger partial charge in [0.25, 0.3) is 0 Å². The minimum absolute atomic E-state index is 0.963. The topological polar surface area (TPSA) is 12.0 Å². The summed E-state index contributed by atoms with van der Waals surface area (Å²) in [6.07, 6.45) is 0. The van der Waals surface area contributed by atoms with E-state index in [1.165, 1.54) is 27.1 Å². The van der Waals surface area contributed by atoms with Gasteiger partial charge in [0.2, 0.25) is 0 Å². The van der Waals surface area contributed by atoms with Gasteiger partial charge >= 0.3 is 0 Å². The van der Waals surface area contributed by atoms with Crippen LogP contribution in [-0.4, -0.2) is 6.54 Å². The molecule has 0 fully saturated rings. The van der Waals surface area contributed by atoms with Gasteiger partial charge in [0.05, 0.1) is 0 Å². The van der Waals surface area contributed by atoms with Crippen molar-refractivity contribution in [2.24, 2.45) is 0 Å². The first-order chi connectivity index (χ1) is 9.69. The SMILES string of the molecule is CCNCc1ccc(SCc2cccc(C)c2)cc1C. The van der Waals surface area contributed by atoms with E-state index in [2.05, 4.69) is 68.6 Å². The van der Waals surface area contributed by atoms with Gasteiger partial charge in [-0.2, -0.15) is 0 Å². The van der Waals surface area contributed by atoms with Crippen LogP contribution in [0.25, 0.3) is 0 Å². The van der Waals surface area contributed by atoms with E-state index in [4.69, 9.17) is 0 Å². The van der Waals surface area contributed by atoms with Gasteiger partial charge in [0.15, 0.2) is 0 Å². The summed E-state index contributed by atoms with van der Waals surface area (Å²) < 4.78 is 0. The normalized spacial score (nSPS) is 10.8. The van der Waals surface area contributed by atoms with Crippen molar-refractivity contribution >= 4 is 11.8 Å². The molecule has 0 spiro atoms. The molecule has 1 nitrogen and oxygen atoms in total. The van der Waals surface area contributed by atoms with Crippen molar-refractivity contribution in [2.45, 2.75) is 38.0 Å². The Labute approximate surface area is 126 Å². The van der Waals surface area contributed by atoms with Gasteiger partial charge in [-0.05, 0) is 49.2 Å². The van der Waals surface area contributed by atoms with Crippen LogP contribution in [-0.2, 0) is 12.3 Å². The monoisotopic (exact) mass is 285 g/mol. The minimum atomic E-state index is 0.963. The van der Waals surface area contributed by atoms with Crippen LogP contribution in [0, 0.1) is 13.8 Å². The lowest BCUT2D eigenvalue weighted by molar-refractivity contribution is 0.723. The Morgan fingerprint density at radius 1 is 1.05 bits per heavy atom. The maximum atomic E-state index is 3.38. The number of benzene rings is 2. The van der Waals surface area contributed by atoms with Crippen LogP contribution in [0.3, 0.4) is 0 Å². The van der Waals surface area contributed by atoms with Crippen LogP contribution >= 0.6 is 11.8 Å². The Hall–Kier alpha value is -1.25. The first kappa shape index (κ1) is 15.1. The molecular formula is C18H23NS. The second-order valence-electron chi connectivity index (χ2n) is 5.15. The summed E-state index contributed by atoms with van der Waals surface area (Å²) in [6, 6.07) is 15.5. The smallest absolute Gasteiger partial charge is 0.0232 e. The molecule has 106 valence electrons. The third kappa shape index (κ3) is 4.39. The molecule has 1 N–H and O–H groups in total. The van der Waals surface area contributed by atoms with Crippen LogP contribution in [0.1, 0.15) is 29.2 Å². The molecule has 0 radical (unpaired) electrons. The summed E-state index contributed by atoms with van der Waals surface area (Å²) in [4.78, 5) is 1.35. The number of thioether (sulfide) groups is 1. The largest absolute Gasteiger partial charge is 0.313 e. The molecule has 0 aromatic heterocycles. The van der Waals surface area contributed by atoms with Gasteiger partial charge in [-0.1, -0.05) is 42.8 Å². The van der Waals surface area contributed by atoms with Gasteiger partial charge in [0, 0.05) is 17.2 Å². The molecular weight excluding hydrogens is 262 g/mol. The standard InChI is InChI=1S/C18H23NS/c1-4-19-12-17-8-9-18(11-15(17)3)20-13-16-7-5-6-14(2)10-16/h5-11,19H,4,12-13H2,1-3H3. The molecule has 0 unspecified atom stereocenters. The highest BCUT2D eigenvalue weighted by Gasteiger charge is 2.01. The van der Waals surface area contributed by atoms with E-state index in [0.717, 1.165) is 18.8 Å². The molecule has 20 heavy (non-hydrogen) atoms. The average Bonchev–Trinajstić information content (AvgIpc) is 2.44. The van der Waals surface area contributed by atoms with Crippen molar-refractivity contribution in [3.05, 3.63) is 64.7 Å². The van der Waals surface area contributed by atoms with Crippen molar-refractivity contribution in [2.75, 3.05) is 6.54 Å². The van der Waals surface area contributed by atoms with Gasteiger partial charge in [-0.3, -0.25) is 0 Å². The maximum Gasteiger partial charge on any atom is 0.0232 e. The zero-order valence-corrected chi connectivity index (χ0v) is 13.4. The average molecular weight is 285 g/mol. The second kappa shape index (κ2) is 7.51. The highest BCUT2D eigenvalue weighted by Crippen LogP contribution is 2.25. The van der Waals surface area contributed by atoms with E-state index < -0.39 is 0 Å². The second-order valence-corrected chi connectivity index (χ2v) is 6.20. The Morgan fingerprint density at radius 3 is 2.60 bits per heavy atom. The van der Waals surface area contributed by atoms with E-state index >= 15 is 0 Å². The fourth-order valence-electron chi connectivity index (χ4n) is 2.18. The fourth-order valence-corrected chi connectivity index (χ4v) is 3.12. The molecule has 0 bridgehead atoms. The lowest BCUT2D eigenvalue weighted by Gasteiger charge is -2.09. The number of hydrogen-bond acceptors (Lipinski definition) is 2. The Morgan fingerprint density at radius 2 is 1.90 bits per heavy atom. The quantitative estimate of drug-likeness (QED) is 0.772. The predicted molar refractivity (Wildman–Crippen MR) is 89.3 cm³/mol. The summed E-state index contributed by atoms with van der Waals surface area (Å²) in [6.45, 7) is 8.47. The summed E-state index contributed by atoms with van der Waals surface area (Å²) in [5.74, 6) is 1.04. The molecule has 2 heteroatoms. The van der Waals surface area contributed by atoms with Crippen LogP contribution in [0.15, 0.2) is 47.4 Å². The Kier molecular flexibility index (Phi) is 5.69. The number of aryl methyl sites for hydroxylation is 2. The van der Waals surface area contributed by atoms with Crippen LogP contribution < -0.4 is 5.32 Å². The highest BCUT2D eigenvalue weighted by atomic mass is 32.2. The van der Waals surface area contributed by atoms with E-state index in [1.807, 2.05) is 11.8 Å². The summed E-state index contributed by atoms with van der Waals surface area (Å²) >= 11 is 1.91.